The fourth-order valence-electron chi connectivity index (χ4n) is 1.86. The van der Waals surface area contributed by atoms with E-state index in [9.17, 15) is 0 Å². The van der Waals surface area contributed by atoms with Crippen molar-refractivity contribution < 1.29 is 0 Å². The number of rotatable bonds is 4. The van der Waals surface area contributed by atoms with Gasteiger partial charge in [0.05, 0.1) is 10.4 Å². The van der Waals surface area contributed by atoms with Crippen LogP contribution in [0, 0.1) is 0 Å². The first-order valence-electron chi connectivity index (χ1n) is 5.58. The van der Waals surface area contributed by atoms with Crippen molar-refractivity contribution in [2.45, 2.75) is 36.8 Å². The van der Waals surface area contributed by atoms with Crippen molar-refractivity contribution in [1.29, 1.82) is 0 Å². The Hall–Kier alpha value is -0.0900. The molecule has 2 rings (SSSR count). The summed E-state index contributed by atoms with van der Waals surface area (Å²) in [5, 5.41) is 0. The third-order valence-electron chi connectivity index (χ3n) is 2.87. The van der Waals surface area contributed by atoms with Crippen LogP contribution >= 0.6 is 23.5 Å². The molecule has 0 bridgehead atoms. The summed E-state index contributed by atoms with van der Waals surface area (Å²) in [6.07, 6.45) is 9.75. The van der Waals surface area contributed by atoms with Gasteiger partial charge in [-0.2, -0.15) is 0 Å². The molecule has 1 aliphatic rings. The molecule has 0 N–H and O–H groups in total. The van der Waals surface area contributed by atoms with Gasteiger partial charge in [-0.05, 0) is 30.8 Å². The molecule has 2 heterocycles. The SMILES string of the molecule is CCC1(CCn2ccnc2)SCCCS1. The summed E-state index contributed by atoms with van der Waals surface area (Å²) in [5.41, 5.74) is 0. The van der Waals surface area contributed by atoms with Crippen molar-refractivity contribution in [3.63, 3.8) is 0 Å². The van der Waals surface area contributed by atoms with Crippen LogP contribution in [0.2, 0.25) is 0 Å². The van der Waals surface area contributed by atoms with E-state index in [0.717, 1.165) is 6.54 Å². The molecule has 84 valence electrons. The predicted molar refractivity (Wildman–Crippen MR) is 69.4 cm³/mol. The van der Waals surface area contributed by atoms with Crippen LogP contribution in [0.25, 0.3) is 0 Å². The number of aryl methyl sites for hydroxylation is 1. The zero-order valence-electron chi connectivity index (χ0n) is 9.19. The van der Waals surface area contributed by atoms with Crippen LogP contribution in [0.1, 0.15) is 26.2 Å². The van der Waals surface area contributed by atoms with Crippen LogP contribution < -0.4 is 0 Å². The molecule has 1 aliphatic heterocycles. The molecular weight excluding hydrogens is 224 g/mol. The van der Waals surface area contributed by atoms with Crippen LogP contribution in [0.4, 0.5) is 0 Å². The number of hydrogen-bond donors (Lipinski definition) is 0. The zero-order chi connectivity index (χ0) is 10.6. The first-order chi connectivity index (χ1) is 7.35. The normalized spacial score (nSPS) is 20.3. The molecule has 0 aromatic carbocycles. The molecular formula is C11H18N2S2. The van der Waals surface area contributed by atoms with Gasteiger partial charge in [-0.3, -0.25) is 0 Å². The van der Waals surface area contributed by atoms with Gasteiger partial charge in [-0.15, -0.1) is 23.5 Å². The third-order valence-corrected chi connectivity index (χ3v) is 6.60. The molecule has 0 aliphatic carbocycles. The summed E-state index contributed by atoms with van der Waals surface area (Å²) >= 11 is 4.32. The highest BCUT2D eigenvalue weighted by Gasteiger charge is 2.31. The van der Waals surface area contributed by atoms with Crippen LogP contribution in [0.5, 0.6) is 0 Å². The molecule has 0 radical (unpaired) electrons. The lowest BCUT2D eigenvalue weighted by Crippen LogP contribution is -2.25. The van der Waals surface area contributed by atoms with Crippen molar-refractivity contribution in [2.24, 2.45) is 0 Å². The second kappa shape index (κ2) is 5.30. The van der Waals surface area contributed by atoms with Crippen molar-refractivity contribution in [3.05, 3.63) is 18.7 Å². The van der Waals surface area contributed by atoms with Crippen molar-refractivity contribution >= 4 is 23.5 Å². The fraction of sp³-hybridized carbons (Fsp3) is 0.727. The quantitative estimate of drug-likeness (QED) is 0.807. The number of thioether (sulfide) groups is 2. The fourth-order valence-corrected chi connectivity index (χ4v) is 5.08. The smallest absolute Gasteiger partial charge is 0.0945 e. The van der Waals surface area contributed by atoms with Crippen LogP contribution in [0.3, 0.4) is 0 Å². The van der Waals surface area contributed by atoms with Gasteiger partial charge in [-0.1, -0.05) is 6.92 Å². The van der Waals surface area contributed by atoms with E-state index >= 15 is 0 Å². The minimum atomic E-state index is 0.475. The first kappa shape index (κ1) is 11.4. The standard InChI is InChI=1S/C11H18N2S2/c1-2-11(14-8-3-9-15-11)4-6-13-7-5-12-10-13/h5,7,10H,2-4,6,8-9H2,1H3. The summed E-state index contributed by atoms with van der Waals surface area (Å²) in [5.74, 6) is 2.68. The summed E-state index contributed by atoms with van der Waals surface area (Å²) < 4.78 is 2.66. The molecule has 0 amide bonds. The minimum Gasteiger partial charge on any atom is -0.337 e. The van der Waals surface area contributed by atoms with Gasteiger partial charge in [0.1, 0.15) is 0 Å². The lowest BCUT2D eigenvalue weighted by molar-refractivity contribution is 0.585. The molecule has 2 nitrogen and oxygen atoms in total. The molecule has 1 aromatic rings. The molecule has 0 saturated carbocycles. The molecule has 1 saturated heterocycles. The highest BCUT2D eigenvalue weighted by molar-refractivity contribution is 8.18. The van der Waals surface area contributed by atoms with Gasteiger partial charge < -0.3 is 4.57 Å². The average molecular weight is 242 g/mol. The Kier molecular flexibility index (Phi) is 4.03. The highest BCUT2D eigenvalue weighted by atomic mass is 32.2. The largest absolute Gasteiger partial charge is 0.337 e. The molecule has 0 atom stereocenters. The van der Waals surface area contributed by atoms with E-state index < -0.39 is 0 Å². The van der Waals surface area contributed by atoms with Crippen LogP contribution in [0.15, 0.2) is 18.7 Å². The van der Waals surface area contributed by atoms with Gasteiger partial charge >= 0.3 is 0 Å². The molecule has 0 unspecified atom stereocenters. The van der Waals surface area contributed by atoms with Crippen molar-refractivity contribution in [3.8, 4) is 0 Å². The molecule has 15 heavy (non-hydrogen) atoms. The monoisotopic (exact) mass is 242 g/mol. The lowest BCUT2D eigenvalue weighted by Gasteiger charge is -2.35. The van der Waals surface area contributed by atoms with E-state index in [4.69, 9.17) is 0 Å². The third kappa shape index (κ3) is 2.94. The zero-order valence-corrected chi connectivity index (χ0v) is 10.8. The molecule has 1 aromatic heterocycles. The summed E-state index contributed by atoms with van der Waals surface area (Å²) in [6, 6.07) is 0. The first-order valence-corrected chi connectivity index (χ1v) is 7.55. The second-order valence-electron chi connectivity index (χ2n) is 3.87. The molecule has 4 heteroatoms. The average Bonchev–Trinajstić information content (AvgIpc) is 2.81. The van der Waals surface area contributed by atoms with Gasteiger partial charge in [-0.25, -0.2) is 4.98 Å². The maximum atomic E-state index is 4.08. The van der Waals surface area contributed by atoms with Crippen molar-refractivity contribution in [2.75, 3.05) is 11.5 Å². The number of hydrogen-bond acceptors (Lipinski definition) is 3. The van der Waals surface area contributed by atoms with Crippen LogP contribution in [-0.2, 0) is 6.54 Å². The Labute approximate surface area is 100 Å². The summed E-state index contributed by atoms with van der Waals surface area (Å²) in [6.45, 7) is 3.42. The number of nitrogens with zero attached hydrogens (tertiary/aromatic N) is 2. The molecule has 1 fully saturated rings. The van der Waals surface area contributed by atoms with E-state index in [1.807, 2.05) is 12.5 Å². The minimum absolute atomic E-state index is 0.475. The maximum absolute atomic E-state index is 4.08. The Bertz CT molecular complexity index is 279. The van der Waals surface area contributed by atoms with Crippen molar-refractivity contribution in [1.82, 2.24) is 9.55 Å². The van der Waals surface area contributed by atoms with E-state index in [1.165, 1.54) is 30.8 Å². The van der Waals surface area contributed by atoms with E-state index in [2.05, 4.69) is 46.2 Å². The Morgan fingerprint density at radius 2 is 2.20 bits per heavy atom. The number of aromatic nitrogens is 2. The Morgan fingerprint density at radius 3 is 2.80 bits per heavy atom. The Balaban J connectivity index is 1.89. The van der Waals surface area contributed by atoms with Crippen LogP contribution in [-0.4, -0.2) is 25.1 Å². The Morgan fingerprint density at radius 1 is 1.40 bits per heavy atom. The van der Waals surface area contributed by atoms with E-state index in [0.29, 0.717) is 4.08 Å². The highest BCUT2D eigenvalue weighted by Crippen LogP contribution is 2.47. The molecule has 0 spiro atoms. The van der Waals surface area contributed by atoms with Gasteiger partial charge in [0.2, 0.25) is 0 Å². The predicted octanol–water partition coefficient (Wildman–Crippen LogP) is 3.25. The second-order valence-corrected chi connectivity index (χ2v) is 7.08. The maximum Gasteiger partial charge on any atom is 0.0945 e. The van der Waals surface area contributed by atoms with Gasteiger partial charge in [0.25, 0.3) is 0 Å². The van der Waals surface area contributed by atoms with Gasteiger partial charge in [0, 0.05) is 18.9 Å². The van der Waals surface area contributed by atoms with E-state index in [-0.39, 0.29) is 0 Å². The summed E-state index contributed by atoms with van der Waals surface area (Å²) in [7, 11) is 0. The van der Waals surface area contributed by atoms with Gasteiger partial charge in [0.15, 0.2) is 0 Å². The number of imidazole rings is 1. The lowest BCUT2D eigenvalue weighted by atomic mass is 10.2. The van der Waals surface area contributed by atoms with E-state index in [1.54, 1.807) is 0 Å². The summed E-state index contributed by atoms with van der Waals surface area (Å²) in [4.78, 5) is 4.08. The topological polar surface area (TPSA) is 17.8 Å².